The Hall–Kier alpha value is -2.03. The van der Waals surface area contributed by atoms with E-state index in [4.69, 9.17) is 0 Å². The highest BCUT2D eigenvalue weighted by molar-refractivity contribution is 7.88. The molecular formula is C16H19N3O3S2. The second kappa shape index (κ2) is 8.72. The van der Waals surface area contributed by atoms with Crippen LogP contribution in [0, 0.1) is 0 Å². The van der Waals surface area contributed by atoms with Crippen molar-refractivity contribution in [1.29, 1.82) is 0 Å². The third kappa shape index (κ3) is 6.23. The third-order valence-corrected chi connectivity index (χ3v) is 5.26. The van der Waals surface area contributed by atoms with Crippen LogP contribution >= 0.6 is 11.3 Å². The van der Waals surface area contributed by atoms with Gasteiger partial charge in [-0.15, -0.1) is 11.3 Å². The molecule has 1 heterocycles. The molecule has 1 amide bonds. The number of hydrogen-bond acceptors (Lipinski definition) is 5. The SMILES string of the molecule is CS(=O)(=O)N(CCc1ccccc1)CC(=O)N/N=C/c1cccs1. The van der Waals surface area contributed by atoms with Gasteiger partial charge in [0.1, 0.15) is 0 Å². The minimum Gasteiger partial charge on any atom is -0.272 e. The summed E-state index contributed by atoms with van der Waals surface area (Å²) in [6.07, 6.45) is 3.16. The van der Waals surface area contributed by atoms with Crippen molar-refractivity contribution < 1.29 is 13.2 Å². The molecule has 128 valence electrons. The predicted octanol–water partition coefficient (Wildman–Crippen LogP) is 1.70. The van der Waals surface area contributed by atoms with E-state index in [1.54, 1.807) is 0 Å². The van der Waals surface area contributed by atoms with Crippen LogP contribution in [0.5, 0.6) is 0 Å². The van der Waals surface area contributed by atoms with Gasteiger partial charge in [-0.2, -0.15) is 9.41 Å². The zero-order valence-electron chi connectivity index (χ0n) is 13.3. The first-order valence-corrected chi connectivity index (χ1v) is 10.0. The molecule has 24 heavy (non-hydrogen) atoms. The maximum atomic E-state index is 11.9. The highest BCUT2D eigenvalue weighted by Gasteiger charge is 2.19. The summed E-state index contributed by atoms with van der Waals surface area (Å²) in [5.74, 6) is -0.471. The van der Waals surface area contributed by atoms with Gasteiger partial charge < -0.3 is 0 Å². The van der Waals surface area contributed by atoms with Crippen molar-refractivity contribution in [2.75, 3.05) is 19.3 Å². The Labute approximate surface area is 145 Å². The normalized spacial score (nSPS) is 11.9. The number of hydrogen-bond donors (Lipinski definition) is 1. The molecule has 8 heteroatoms. The molecule has 1 aromatic carbocycles. The molecular weight excluding hydrogens is 346 g/mol. The summed E-state index contributed by atoms with van der Waals surface area (Å²) in [5, 5.41) is 5.73. The number of amides is 1. The van der Waals surface area contributed by atoms with E-state index >= 15 is 0 Å². The Kier molecular flexibility index (Phi) is 6.65. The molecule has 0 saturated carbocycles. The molecule has 6 nitrogen and oxygen atoms in total. The van der Waals surface area contributed by atoms with E-state index in [1.807, 2.05) is 47.8 Å². The lowest BCUT2D eigenvalue weighted by Gasteiger charge is -2.18. The molecule has 0 aliphatic carbocycles. The predicted molar refractivity (Wildman–Crippen MR) is 96.6 cm³/mol. The lowest BCUT2D eigenvalue weighted by Crippen LogP contribution is -2.40. The molecule has 0 fully saturated rings. The molecule has 0 atom stereocenters. The highest BCUT2D eigenvalue weighted by Crippen LogP contribution is 2.05. The van der Waals surface area contributed by atoms with E-state index in [1.165, 1.54) is 17.6 Å². The summed E-state index contributed by atoms with van der Waals surface area (Å²) in [6.45, 7) is -0.0155. The number of sulfonamides is 1. The number of benzene rings is 1. The van der Waals surface area contributed by atoms with Crippen LogP contribution < -0.4 is 5.43 Å². The summed E-state index contributed by atoms with van der Waals surface area (Å²) in [5.41, 5.74) is 3.37. The molecule has 1 aromatic heterocycles. The Balaban J connectivity index is 1.89. The quantitative estimate of drug-likeness (QED) is 0.571. The molecule has 1 N–H and O–H groups in total. The van der Waals surface area contributed by atoms with E-state index in [0.29, 0.717) is 6.42 Å². The van der Waals surface area contributed by atoms with Crippen LogP contribution in [-0.4, -0.2) is 44.2 Å². The van der Waals surface area contributed by atoms with Gasteiger partial charge in [0.05, 0.1) is 19.0 Å². The lowest BCUT2D eigenvalue weighted by molar-refractivity contribution is -0.121. The zero-order chi connectivity index (χ0) is 17.4. The number of thiophene rings is 1. The van der Waals surface area contributed by atoms with E-state index in [9.17, 15) is 13.2 Å². The second-order valence-corrected chi connectivity index (χ2v) is 8.10. The van der Waals surface area contributed by atoms with Gasteiger partial charge in [0, 0.05) is 11.4 Å². The monoisotopic (exact) mass is 365 g/mol. The largest absolute Gasteiger partial charge is 0.272 e. The first-order chi connectivity index (χ1) is 11.4. The van der Waals surface area contributed by atoms with Crippen LogP contribution in [0.3, 0.4) is 0 Å². The smallest absolute Gasteiger partial charge is 0.255 e. The summed E-state index contributed by atoms with van der Waals surface area (Å²) < 4.78 is 24.9. The van der Waals surface area contributed by atoms with Crippen molar-refractivity contribution in [2.24, 2.45) is 5.10 Å². The molecule has 2 rings (SSSR count). The Morgan fingerprint density at radius 2 is 2.00 bits per heavy atom. The van der Waals surface area contributed by atoms with Crippen LogP contribution in [0.2, 0.25) is 0 Å². The standard InChI is InChI=1S/C16H19N3O3S2/c1-24(21,22)19(10-9-14-6-3-2-4-7-14)13-16(20)18-17-12-15-8-5-11-23-15/h2-8,11-12H,9-10,13H2,1H3,(H,18,20)/b17-12+. The number of nitrogens with one attached hydrogen (secondary N) is 1. The average Bonchev–Trinajstić information content (AvgIpc) is 3.04. The molecule has 0 aliphatic rings. The Morgan fingerprint density at radius 3 is 2.62 bits per heavy atom. The molecule has 0 bridgehead atoms. The van der Waals surface area contributed by atoms with Crippen LogP contribution in [0.4, 0.5) is 0 Å². The fourth-order valence-corrected chi connectivity index (χ4v) is 3.35. The maximum Gasteiger partial charge on any atom is 0.255 e. The van der Waals surface area contributed by atoms with E-state index in [-0.39, 0.29) is 13.1 Å². The first-order valence-electron chi connectivity index (χ1n) is 7.29. The van der Waals surface area contributed by atoms with Crippen LogP contribution in [0.15, 0.2) is 52.9 Å². The Morgan fingerprint density at radius 1 is 1.25 bits per heavy atom. The highest BCUT2D eigenvalue weighted by atomic mass is 32.2. The molecule has 0 unspecified atom stereocenters. The molecule has 0 radical (unpaired) electrons. The number of carbonyl (C=O) groups is 1. The van der Waals surface area contributed by atoms with Gasteiger partial charge in [0.15, 0.2) is 0 Å². The van der Waals surface area contributed by atoms with Crippen molar-refractivity contribution >= 4 is 33.5 Å². The van der Waals surface area contributed by atoms with E-state index in [2.05, 4.69) is 10.5 Å². The van der Waals surface area contributed by atoms with Gasteiger partial charge in [-0.05, 0) is 23.4 Å². The number of carbonyl (C=O) groups excluding carboxylic acids is 1. The summed E-state index contributed by atoms with van der Waals surface area (Å²) in [7, 11) is -3.48. The fraction of sp³-hybridized carbons (Fsp3) is 0.250. The Bertz CT molecular complexity index is 772. The lowest BCUT2D eigenvalue weighted by atomic mass is 10.1. The molecule has 2 aromatic rings. The van der Waals surface area contributed by atoms with Crippen LogP contribution in [-0.2, 0) is 21.2 Å². The maximum absolute atomic E-state index is 11.9. The van der Waals surface area contributed by atoms with Crippen molar-refractivity contribution in [3.63, 3.8) is 0 Å². The number of nitrogens with zero attached hydrogens (tertiary/aromatic N) is 2. The van der Waals surface area contributed by atoms with E-state index < -0.39 is 15.9 Å². The van der Waals surface area contributed by atoms with Gasteiger partial charge in [-0.1, -0.05) is 36.4 Å². The van der Waals surface area contributed by atoms with Crippen LogP contribution in [0.1, 0.15) is 10.4 Å². The van der Waals surface area contributed by atoms with Gasteiger partial charge >= 0.3 is 0 Å². The number of rotatable bonds is 8. The molecule has 0 spiro atoms. The minimum atomic E-state index is -3.48. The molecule has 0 saturated heterocycles. The van der Waals surface area contributed by atoms with Crippen molar-refractivity contribution in [3.05, 3.63) is 58.3 Å². The first kappa shape index (κ1) is 18.3. The number of hydrazone groups is 1. The van der Waals surface area contributed by atoms with Crippen molar-refractivity contribution in [3.8, 4) is 0 Å². The second-order valence-electron chi connectivity index (χ2n) is 5.14. The topological polar surface area (TPSA) is 78.8 Å². The summed E-state index contributed by atoms with van der Waals surface area (Å²) in [6, 6.07) is 13.3. The summed E-state index contributed by atoms with van der Waals surface area (Å²) >= 11 is 1.49. The van der Waals surface area contributed by atoms with Crippen molar-refractivity contribution in [2.45, 2.75) is 6.42 Å². The van der Waals surface area contributed by atoms with Gasteiger partial charge in [-0.25, -0.2) is 13.8 Å². The minimum absolute atomic E-state index is 0.241. The van der Waals surface area contributed by atoms with Gasteiger partial charge in [0.2, 0.25) is 10.0 Å². The van der Waals surface area contributed by atoms with Crippen molar-refractivity contribution in [1.82, 2.24) is 9.73 Å². The van der Waals surface area contributed by atoms with Crippen LogP contribution in [0.25, 0.3) is 0 Å². The van der Waals surface area contributed by atoms with Gasteiger partial charge in [0.25, 0.3) is 5.91 Å². The average molecular weight is 365 g/mol. The third-order valence-electron chi connectivity index (χ3n) is 3.21. The fourth-order valence-electron chi connectivity index (χ4n) is 1.99. The molecule has 0 aliphatic heterocycles. The summed E-state index contributed by atoms with van der Waals surface area (Å²) in [4.78, 5) is 12.8. The van der Waals surface area contributed by atoms with Gasteiger partial charge in [-0.3, -0.25) is 4.79 Å². The van der Waals surface area contributed by atoms with E-state index in [0.717, 1.165) is 21.0 Å². The zero-order valence-corrected chi connectivity index (χ0v) is 14.9.